The monoisotopic (exact) mass is 369 g/mol. The number of anilines is 1. The van der Waals surface area contributed by atoms with Gasteiger partial charge in [-0.05, 0) is 46.8 Å². The second-order valence-corrected chi connectivity index (χ2v) is 7.90. The topological polar surface area (TPSA) is 71.5 Å². The maximum absolute atomic E-state index is 12.4. The normalized spacial score (nSPS) is 17.7. The maximum Gasteiger partial charge on any atom is 0.410 e. The lowest BCUT2D eigenvalue weighted by atomic mass is 10.2. The first kappa shape index (κ1) is 19.1. The molecule has 0 aliphatic carbocycles. The summed E-state index contributed by atoms with van der Waals surface area (Å²) in [5, 5.41) is 0. The second kappa shape index (κ2) is 7.50. The Balaban J connectivity index is 1.76. The minimum absolute atomic E-state index is 0.0331. The number of carbonyl (C=O) groups excluding carboxylic acids is 1. The van der Waals surface area contributed by atoms with Gasteiger partial charge in [-0.25, -0.2) is 14.8 Å². The SMILES string of the molecule is Cc1cc(N2CCN(C(=O)OC(C)(C)C)[C@H](C)C2)nc(-c2cccnc2)n1. The van der Waals surface area contributed by atoms with Crippen LogP contribution in [0.4, 0.5) is 10.6 Å². The summed E-state index contributed by atoms with van der Waals surface area (Å²) >= 11 is 0. The van der Waals surface area contributed by atoms with Crippen LogP contribution in [0, 0.1) is 6.92 Å². The first-order valence-electron chi connectivity index (χ1n) is 9.23. The molecule has 1 amide bonds. The summed E-state index contributed by atoms with van der Waals surface area (Å²) in [5.74, 6) is 1.54. The van der Waals surface area contributed by atoms with Gasteiger partial charge < -0.3 is 14.5 Å². The Morgan fingerprint density at radius 1 is 1.26 bits per heavy atom. The number of nitrogens with zero attached hydrogens (tertiary/aromatic N) is 5. The number of hydrogen-bond acceptors (Lipinski definition) is 6. The van der Waals surface area contributed by atoms with Gasteiger partial charge >= 0.3 is 6.09 Å². The second-order valence-electron chi connectivity index (χ2n) is 7.90. The third-order valence-corrected chi connectivity index (χ3v) is 4.34. The minimum atomic E-state index is -0.490. The van der Waals surface area contributed by atoms with E-state index in [1.807, 2.05) is 52.8 Å². The molecule has 144 valence electrons. The Labute approximate surface area is 160 Å². The van der Waals surface area contributed by atoms with Gasteiger partial charge in [0, 0.05) is 55.4 Å². The molecule has 7 nitrogen and oxygen atoms in total. The standard InChI is InChI=1S/C20H27N5O2/c1-14-11-17(23-18(22-14)16-7-6-8-21-12-16)24-9-10-25(15(2)13-24)19(26)27-20(3,4)5/h6-8,11-12,15H,9-10,13H2,1-5H3/t15-/m1/s1. The summed E-state index contributed by atoms with van der Waals surface area (Å²) < 4.78 is 5.52. The van der Waals surface area contributed by atoms with Crippen LogP contribution < -0.4 is 4.90 Å². The fourth-order valence-electron chi connectivity index (χ4n) is 3.10. The molecule has 2 aromatic rings. The maximum atomic E-state index is 12.4. The van der Waals surface area contributed by atoms with Gasteiger partial charge in [-0.1, -0.05) is 0 Å². The molecule has 3 heterocycles. The van der Waals surface area contributed by atoms with Gasteiger partial charge in [0.25, 0.3) is 0 Å². The summed E-state index contributed by atoms with van der Waals surface area (Å²) in [6.45, 7) is 11.6. The molecule has 1 aliphatic rings. The summed E-state index contributed by atoms with van der Waals surface area (Å²) in [6, 6.07) is 5.85. The summed E-state index contributed by atoms with van der Waals surface area (Å²) in [5.41, 5.74) is 1.31. The van der Waals surface area contributed by atoms with E-state index < -0.39 is 5.60 Å². The van der Waals surface area contributed by atoms with Crippen molar-refractivity contribution in [3.05, 3.63) is 36.3 Å². The van der Waals surface area contributed by atoms with Gasteiger partial charge in [0.2, 0.25) is 0 Å². The molecule has 0 bridgehead atoms. The molecule has 2 aromatic heterocycles. The van der Waals surface area contributed by atoms with Gasteiger partial charge in [0.15, 0.2) is 5.82 Å². The summed E-state index contributed by atoms with van der Waals surface area (Å²) in [6.07, 6.45) is 3.24. The zero-order chi connectivity index (χ0) is 19.6. The molecule has 3 rings (SSSR count). The highest BCUT2D eigenvalue weighted by Gasteiger charge is 2.31. The molecule has 1 fully saturated rings. The molecular weight excluding hydrogens is 342 g/mol. The van der Waals surface area contributed by atoms with Crippen molar-refractivity contribution >= 4 is 11.9 Å². The van der Waals surface area contributed by atoms with Gasteiger partial charge in [-0.3, -0.25) is 4.98 Å². The number of pyridine rings is 1. The van der Waals surface area contributed by atoms with Crippen molar-refractivity contribution in [1.29, 1.82) is 0 Å². The van der Waals surface area contributed by atoms with E-state index in [2.05, 4.69) is 14.9 Å². The number of aryl methyl sites for hydroxylation is 1. The molecule has 1 aliphatic heterocycles. The average molecular weight is 369 g/mol. The van der Waals surface area contributed by atoms with Crippen molar-refractivity contribution in [3.63, 3.8) is 0 Å². The van der Waals surface area contributed by atoms with E-state index in [1.54, 1.807) is 17.3 Å². The lowest BCUT2D eigenvalue weighted by molar-refractivity contribution is 0.0158. The van der Waals surface area contributed by atoms with E-state index in [0.717, 1.165) is 17.1 Å². The number of carbonyl (C=O) groups is 1. The first-order valence-corrected chi connectivity index (χ1v) is 9.23. The van der Waals surface area contributed by atoms with Gasteiger partial charge in [0.1, 0.15) is 11.4 Å². The quantitative estimate of drug-likeness (QED) is 0.809. The molecule has 7 heteroatoms. The van der Waals surface area contributed by atoms with Gasteiger partial charge in [-0.2, -0.15) is 0 Å². The Hall–Kier alpha value is -2.70. The van der Waals surface area contributed by atoms with Crippen LogP contribution >= 0.6 is 0 Å². The minimum Gasteiger partial charge on any atom is -0.444 e. The Morgan fingerprint density at radius 3 is 2.67 bits per heavy atom. The molecule has 0 aromatic carbocycles. The van der Waals surface area contributed by atoms with Crippen LogP contribution in [0.15, 0.2) is 30.6 Å². The highest BCUT2D eigenvalue weighted by atomic mass is 16.6. The van der Waals surface area contributed by atoms with Gasteiger partial charge in [-0.15, -0.1) is 0 Å². The largest absolute Gasteiger partial charge is 0.444 e. The molecule has 27 heavy (non-hydrogen) atoms. The molecule has 0 spiro atoms. The van der Waals surface area contributed by atoms with Crippen LogP contribution in [0.3, 0.4) is 0 Å². The number of piperazine rings is 1. The molecule has 1 saturated heterocycles. The van der Waals surface area contributed by atoms with Crippen LogP contribution in [-0.2, 0) is 4.74 Å². The fraction of sp³-hybridized carbons (Fsp3) is 0.500. The van der Waals surface area contributed by atoms with E-state index in [-0.39, 0.29) is 12.1 Å². The van der Waals surface area contributed by atoms with Crippen molar-refractivity contribution in [3.8, 4) is 11.4 Å². The zero-order valence-corrected chi connectivity index (χ0v) is 16.6. The highest BCUT2D eigenvalue weighted by molar-refractivity contribution is 5.69. The number of ether oxygens (including phenoxy) is 1. The van der Waals surface area contributed by atoms with Gasteiger partial charge in [0.05, 0.1) is 0 Å². The van der Waals surface area contributed by atoms with E-state index in [0.29, 0.717) is 25.5 Å². The number of rotatable bonds is 2. The average Bonchev–Trinajstić information content (AvgIpc) is 2.60. The first-order chi connectivity index (χ1) is 12.7. The number of hydrogen-bond donors (Lipinski definition) is 0. The Kier molecular flexibility index (Phi) is 5.30. The molecule has 0 N–H and O–H groups in total. The third kappa shape index (κ3) is 4.72. The molecular formula is C20H27N5O2. The predicted molar refractivity (Wildman–Crippen MR) is 105 cm³/mol. The fourth-order valence-corrected chi connectivity index (χ4v) is 3.10. The lowest BCUT2D eigenvalue weighted by Crippen LogP contribution is -2.55. The predicted octanol–water partition coefficient (Wildman–Crippen LogP) is 3.29. The smallest absolute Gasteiger partial charge is 0.410 e. The van der Waals surface area contributed by atoms with Crippen LogP contribution in [0.2, 0.25) is 0 Å². The van der Waals surface area contributed by atoms with Crippen LogP contribution in [0.25, 0.3) is 11.4 Å². The highest BCUT2D eigenvalue weighted by Crippen LogP contribution is 2.23. The lowest BCUT2D eigenvalue weighted by Gasteiger charge is -2.40. The number of aromatic nitrogens is 3. The van der Waals surface area contributed by atoms with Crippen LogP contribution in [0.5, 0.6) is 0 Å². The van der Waals surface area contributed by atoms with E-state index >= 15 is 0 Å². The van der Waals surface area contributed by atoms with Crippen molar-refractivity contribution in [1.82, 2.24) is 19.9 Å². The molecule has 0 unspecified atom stereocenters. The molecule has 1 atom stereocenters. The summed E-state index contributed by atoms with van der Waals surface area (Å²) in [4.78, 5) is 29.8. The molecule has 0 saturated carbocycles. The summed E-state index contributed by atoms with van der Waals surface area (Å²) in [7, 11) is 0. The van der Waals surface area contributed by atoms with Crippen molar-refractivity contribution in [2.75, 3.05) is 24.5 Å². The Bertz CT molecular complexity index is 804. The van der Waals surface area contributed by atoms with Crippen molar-refractivity contribution in [2.45, 2.75) is 46.3 Å². The van der Waals surface area contributed by atoms with Crippen LogP contribution in [0.1, 0.15) is 33.4 Å². The van der Waals surface area contributed by atoms with E-state index in [9.17, 15) is 4.79 Å². The van der Waals surface area contributed by atoms with E-state index in [1.165, 1.54) is 0 Å². The Morgan fingerprint density at radius 2 is 2.04 bits per heavy atom. The van der Waals surface area contributed by atoms with Crippen molar-refractivity contribution < 1.29 is 9.53 Å². The van der Waals surface area contributed by atoms with Crippen molar-refractivity contribution in [2.24, 2.45) is 0 Å². The third-order valence-electron chi connectivity index (χ3n) is 4.34. The van der Waals surface area contributed by atoms with Crippen LogP contribution in [-0.4, -0.2) is 57.2 Å². The zero-order valence-electron chi connectivity index (χ0n) is 16.6. The van der Waals surface area contributed by atoms with E-state index in [4.69, 9.17) is 9.72 Å². The number of amides is 1. The molecule has 0 radical (unpaired) electrons.